The van der Waals surface area contributed by atoms with Crippen molar-refractivity contribution in [2.45, 2.75) is 180 Å². The molecule has 6 nitrogen and oxygen atoms in total. The third-order valence-corrected chi connectivity index (χ3v) is 12.1. The van der Waals surface area contributed by atoms with Crippen LogP contribution in [0, 0.1) is 65.1 Å². The average Bonchev–Trinajstić information content (AvgIpc) is 3.17. The number of unbranched alkanes of at least 4 members (excludes halogenated alkanes) is 10. The van der Waals surface area contributed by atoms with E-state index in [2.05, 4.69) is 37.5 Å². The number of aliphatic hydroxyl groups excluding tert-OH is 2. The van der Waals surface area contributed by atoms with Crippen LogP contribution in [0.4, 0.5) is 0 Å². The Morgan fingerprint density at radius 2 is 1.08 bits per heavy atom. The first-order valence-electron chi connectivity index (χ1n) is 22.1. The van der Waals surface area contributed by atoms with Gasteiger partial charge in [0.1, 0.15) is 12.7 Å². The smallest absolute Gasteiger partial charge is 0.310 e. The Kier molecular flexibility index (Phi) is 24.8. The summed E-state index contributed by atoms with van der Waals surface area (Å²) < 4.78 is 16.6. The summed E-state index contributed by atoms with van der Waals surface area (Å²) in [7, 11) is 0. The summed E-state index contributed by atoms with van der Waals surface area (Å²) in [5.41, 5.74) is 0. The van der Waals surface area contributed by atoms with Crippen molar-refractivity contribution in [1.29, 1.82) is 0 Å². The number of hydrogen-bond donors (Lipinski definition) is 2. The molecular formula is C46H78O6. The lowest BCUT2D eigenvalue weighted by Gasteiger charge is -2.31. The van der Waals surface area contributed by atoms with Crippen LogP contribution in [0.5, 0.6) is 0 Å². The SMILES string of the molecule is CCCCCCCCC1CCC(C#CC2CCC(C#CC3CCC(CCCCCCCC)CC3)C(C(=O)OCCOCCOCC(O)CO)C2)CC1. The maximum atomic E-state index is 13.5. The fraction of sp³-hybridized carbons (Fsp3) is 0.891. The van der Waals surface area contributed by atoms with Crippen molar-refractivity contribution in [3.05, 3.63) is 0 Å². The number of hydrogen-bond acceptors (Lipinski definition) is 6. The van der Waals surface area contributed by atoms with Crippen molar-refractivity contribution in [2.75, 3.05) is 39.6 Å². The highest BCUT2D eigenvalue weighted by Crippen LogP contribution is 2.37. The lowest BCUT2D eigenvalue weighted by atomic mass is 9.73. The minimum absolute atomic E-state index is 0.0380. The van der Waals surface area contributed by atoms with Crippen molar-refractivity contribution in [1.82, 2.24) is 0 Å². The van der Waals surface area contributed by atoms with E-state index >= 15 is 0 Å². The van der Waals surface area contributed by atoms with E-state index in [0.717, 1.165) is 31.1 Å². The van der Waals surface area contributed by atoms with Gasteiger partial charge in [-0.2, -0.15) is 0 Å². The summed E-state index contributed by atoms with van der Waals surface area (Å²) in [5, 5.41) is 18.3. The molecule has 0 amide bonds. The predicted octanol–water partition coefficient (Wildman–Crippen LogP) is 10.1. The van der Waals surface area contributed by atoms with Crippen molar-refractivity contribution in [2.24, 2.45) is 41.4 Å². The van der Waals surface area contributed by atoms with Gasteiger partial charge in [-0.05, 0) is 82.5 Å². The van der Waals surface area contributed by atoms with E-state index in [4.69, 9.17) is 19.3 Å². The number of carbonyl (C=O) groups excluding carboxylic acids is 1. The topological polar surface area (TPSA) is 85.2 Å². The summed E-state index contributed by atoms with van der Waals surface area (Å²) in [6.45, 7) is 5.47. The molecule has 2 N–H and O–H groups in total. The third kappa shape index (κ3) is 19.7. The Morgan fingerprint density at radius 1 is 0.596 bits per heavy atom. The van der Waals surface area contributed by atoms with Crippen molar-refractivity contribution >= 4 is 5.97 Å². The minimum atomic E-state index is -0.874. The molecule has 0 saturated heterocycles. The summed E-state index contributed by atoms with van der Waals surface area (Å²) in [6, 6.07) is 0. The Labute approximate surface area is 319 Å². The zero-order valence-electron chi connectivity index (χ0n) is 33.6. The molecule has 3 rings (SSSR count). The molecule has 52 heavy (non-hydrogen) atoms. The van der Waals surface area contributed by atoms with E-state index in [-0.39, 0.29) is 43.5 Å². The molecule has 0 aromatic rings. The van der Waals surface area contributed by atoms with Gasteiger partial charge in [-0.1, -0.05) is 127 Å². The second-order valence-electron chi connectivity index (χ2n) is 16.5. The summed E-state index contributed by atoms with van der Waals surface area (Å²) >= 11 is 0. The van der Waals surface area contributed by atoms with Gasteiger partial charge in [0.25, 0.3) is 0 Å². The van der Waals surface area contributed by atoms with E-state index < -0.39 is 6.10 Å². The lowest BCUT2D eigenvalue weighted by molar-refractivity contribution is -0.153. The van der Waals surface area contributed by atoms with Gasteiger partial charge >= 0.3 is 5.97 Å². The number of esters is 1. The van der Waals surface area contributed by atoms with Crippen LogP contribution >= 0.6 is 0 Å². The van der Waals surface area contributed by atoms with Crippen molar-refractivity contribution in [3.63, 3.8) is 0 Å². The molecule has 0 heterocycles. The van der Waals surface area contributed by atoms with Crippen molar-refractivity contribution in [3.8, 4) is 23.7 Å². The molecule has 298 valence electrons. The zero-order valence-corrected chi connectivity index (χ0v) is 33.6. The largest absolute Gasteiger partial charge is 0.463 e. The maximum Gasteiger partial charge on any atom is 0.310 e. The van der Waals surface area contributed by atoms with E-state index in [1.165, 1.54) is 141 Å². The molecule has 0 spiro atoms. The van der Waals surface area contributed by atoms with Gasteiger partial charge in [-0.15, -0.1) is 0 Å². The van der Waals surface area contributed by atoms with Crippen LogP contribution in [0.2, 0.25) is 0 Å². The maximum absolute atomic E-state index is 13.5. The van der Waals surface area contributed by atoms with Gasteiger partial charge in [0, 0.05) is 23.7 Å². The molecule has 3 aliphatic carbocycles. The molecule has 3 aliphatic rings. The molecule has 0 radical (unpaired) electrons. The van der Waals surface area contributed by atoms with Gasteiger partial charge in [0.15, 0.2) is 0 Å². The summed E-state index contributed by atoms with van der Waals surface area (Å²) in [6.07, 6.45) is 31.2. The Morgan fingerprint density at radius 3 is 1.65 bits per heavy atom. The van der Waals surface area contributed by atoms with E-state index in [1.807, 2.05) is 0 Å². The number of aliphatic hydroxyl groups is 2. The van der Waals surface area contributed by atoms with Crippen molar-refractivity contribution < 1.29 is 29.2 Å². The molecule has 3 saturated carbocycles. The highest BCUT2D eigenvalue weighted by atomic mass is 16.6. The molecular weight excluding hydrogens is 649 g/mol. The van der Waals surface area contributed by atoms with Crippen LogP contribution in [0.15, 0.2) is 0 Å². The molecule has 4 unspecified atom stereocenters. The second kappa shape index (κ2) is 28.8. The quantitative estimate of drug-likeness (QED) is 0.0585. The van der Waals surface area contributed by atoms with Crippen LogP contribution in [-0.2, 0) is 19.0 Å². The van der Waals surface area contributed by atoms with Crippen LogP contribution in [-0.4, -0.2) is 61.9 Å². The van der Waals surface area contributed by atoms with Crippen LogP contribution in [0.25, 0.3) is 0 Å². The first-order chi connectivity index (χ1) is 25.5. The molecule has 3 fully saturated rings. The van der Waals surface area contributed by atoms with Crippen LogP contribution in [0.3, 0.4) is 0 Å². The average molecular weight is 727 g/mol. The standard InChI is InChI=1S/C46H78O6/c1-3-5-7-9-11-13-15-38-17-21-40(22-18-38)25-26-42-28-30-43(29-27-41-23-19-39(20-24-41)16-14-12-10-8-6-4-2)45(35-42)46(49)52-34-33-50-31-32-51-37-44(48)36-47/h38-45,47-48H,3-24,28,30-37H2,1-2H3. The highest BCUT2D eigenvalue weighted by molar-refractivity contribution is 5.73. The third-order valence-electron chi connectivity index (χ3n) is 12.1. The second-order valence-corrected chi connectivity index (χ2v) is 16.5. The Balaban J connectivity index is 1.45. The normalized spacial score (nSPS) is 26.8. The molecule has 6 heteroatoms. The van der Waals surface area contributed by atoms with Gasteiger partial charge in [-0.3, -0.25) is 4.79 Å². The van der Waals surface area contributed by atoms with Crippen LogP contribution < -0.4 is 0 Å². The predicted molar refractivity (Wildman–Crippen MR) is 212 cm³/mol. The van der Waals surface area contributed by atoms with E-state index in [9.17, 15) is 9.90 Å². The fourth-order valence-electron chi connectivity index (χ4n) is 8.61. The van der Waals surface area contributed by atoms with Gasteiger partial charge < -0.3 is 24.4 Å². The molecule has 0 aromatic carbocycles. The van der Waals surface area contributed by atoms with Gasteiger partial charge in [-0.25, -0.2) is 0 Å². The number of ether oxygens (including phenoxy) is 3. The number of rotatable bonds is 24. The van der Waals surface area contributed by atoms with E-state index in [1.54, 1.807) is 0 Å². The van der Waals surface area contributed by atoms with Gasteiger partial charge in [0.05, 0.1) is 39.0 Å². The van der Waals surface area contributed by atoms with Gasteiger partial charge in [0.2, 0.25) is 0 Å². The number of carbonyl (C=O) groups is 1. The zero-order chi connectivity index (χ0) is 37.1. The monoisotopic (exact) mass is 727 g/mol. The lowest BCUT2D eigenvalue weighted by Crippen LogP contribution is -2.32. The summed E-state index contributed by atoms with van der Waals surface area (Å²) in [4.78, 5) is 13.5. The van der Waals surface area contributed by atoms with Crippen LogP contribution in [0.1, 0.15) is 174 Å². The minimum Gasteiger partial charge on any atom is -0.463 e. The summed E-state index contributed by atoms with van der Waals surface area (Å²) in [5.74, 6) is 17.2. The van der Waals surface area contributed by atoms with E-state index in [0.29, 0.717) is 31.7 Å². The highest BCUT2D eigenvalue weighted by Gasteiger charge is 2.35. The molecule has 0 bridgehead atoms. The fourth-order valence-corrected chi connectivity index (χ4v) is 8.61. The Hall–Kier alpha value is -1.57. The Bertz CT molecular complexity index is 1020. The molecule has 4 atom stereocenters. The molecule has 0 aliphatic heterocycles. The molecule has 0 aromatic heterocycles. The first kappa shape index (κ1) is 44.8. The first-order valence-corrected chi connectivity index (χ1v) is 22.1.